The third kappa shape index (κ3) is 4.74. The van der Waals surface area contributed by atoms with Crippen molar-refractivity contribution in [2.45, 2.75) is 19.5 Å². The first-order chi connectivity index (χ1) is 12.5. The molecule has 0 aliphatic rings. The van der Waals surface area contributed by atoms with Crippen molar-refractivity contribution in [3.63, 3.8) is 0 Å². The summed E-state index contributed by atoms with van der Waals surface area (Å²) in [4.78, 5) is 14.4. The summed E-state index contributed by atoms with van der Waals surface area (Å²) in [6.45, 7) is 2.43. The molecule has 0 bridgehead atoms. The molecule has 2 rings (SSSR count). The van der Waals surface area contributed by atoms with E-state index in [0.29, 0.717) is 29.3 Å². The minimum absolute atomic E-state index is 0.113. The SMILES string of the molecule is COc1ccc(CN(C)C(C)C(=O)Nc2ccc(C#N)cc2)cc1OC. The molecule has 0 fully saturated rings. The molecule has 6 nitrogen and oxygen atoms in total. The first kappa shape index (κ1) is 19.3. The number of nitriles is 1. The molecule has 1 unspecified atom stereocenters. The quantitative estimate of drug-likeness (QED) is 0.828. The van der Waals surface area contributed by atoms with E-state index in [1.165, 1.54) is 0 Å². The summed E-state index contributed by atoms with van der Waals surface area (Å²) in [6.07, 6.45) is 0. The lowest BCUT2D eigenvalue weighted by molar-refractivity contribution is -0.120. The normalized spacial score (nSPS) is 11.5. The topological polar surface area (TPSA) is 74.6 Å². The fourth-order valence-corrected chi connectivity index (χ4v) is 2.48. The summed E-state index contributed by atoms with van der Waals surface area (Å²) in [6, 6.07) is 14.2. The maximum Gasteiger partial charge on any atom is 0.241 e. The van der Waals surface area contributed by atoms with Gasteiger partial charge >= 0.3 is 0 Å². The van der Waals surface area contributed by atoms with Crippen molar-refractivity contribution in [1.29, 1.82) is 5.26 Å². The molecule has 136 valence electrons. The number of hydrogen-bond donors (Lipinski definition) is 1. The van der Waals surface area contributed by atoms with Gasteiger partial charge in [-0.05, 0) is 55.9 Å². The van der Waals surface area contributed by atoms with Crippen molar-refractivity contribution >= 4 is 11.6 Å². The zero-order chi connectivity index (χ0) is 19.1. The molecule has 0 aromatic heterocycles. The van der Waals surface area contributed by atoms with E-state index in [2.05, 4.69) is 11.4 Å². The second-order valence-corrected chi connectivity index (χ2v) is 5.96. The molecule has 6 heteroatoms. The van der Waals surface area contributed by atoms with E-state index in [0.717, 1.165) is 5.56 Å². The number of carbonyl (C=O) groups excluding carboxylic acids is 1. The van der Waals surface area contributed by atoms with Crippen LogP contribution in [0.4, 0.5) is 5.69 Å². The van der Waals surface area contributed by atoms with E-state index in [4.69, 9.17) is 14.7 Å². The van der Waals surface area contributed by atoms with Crippen LogP contribution in [-0.4, -0.2) is 38.1 Å². The molecule has 26 heavy (non-hydrogen) atoms. The van der Waals surface area contributed by atoms with Gasteiger partial charge in [0, 0.05) is 12.2 Å². The smallest absolute Gasteiger partial charge is 0.241 e. The molecule has 0 aliphatic heterocycles. The van der Waals surface area contributed by atoms with Crippen molar-refractivity contribution in [2.24, 2.45) is 0 Å². The van der Waals surface area contributed by atoms with Crippen LogP contribution in [0.2, 0.25) is 0 Å². The number of anilines is 1. The molecule has 2 aromatic carbocycles. The Kier molecular flexibility index (Phi) is 6.59. The first-order valence-corrected chi connectivity index (χ1v) is 8.20. The predicted octanol–water partition coefficient (Wildman–Crippen LogP) is 3.03. The molecule has 0 saturated carbocycles. The van der Waals surface area contributed by atoms with Gasteiger partial charge < -0.3 is 14.8 Å². The van der Waals surface area contributed by atoms with Gasteiger partial charge in [-0.3, -0.25) is 9.69 Å². The number of rotatable bonds is 7. The van der Waals surface area contributed by atoms with Crippen LogP contribution in [0.5, 0.6) is 11.5 Å². The fraction of sp³-hybridized carbons (Fsp3) is 0.300. The highest BCUT2D eigenvalue weighted by atomic mass is 16.5. The minimum atomic E-state index is -0.335. The highest BCUT2D eigenvalue weighted by Crippen LogP contribution is 2.28. The van der Waals surface area contributed by atoms with Gasteiger partial charge in [-0.1, -0.05) is 6.07 Å². The van der Waals surface area contributed by atoms with E-state index >= 15 is 0 Å². The summed E-state index contributed by atoms with van der Waals surface area (Å²) in [7, 11) is 5.08. The molecule has 0 saturated heterocycles. The van der Waals surface area contributed by atoms with Crippen LogP contribution in [0.3, 0.4) is 0 Å². The molecule has 0 spiro atoms. The molecule has 0 aliphatic carbocycles. The van der Waals surface area contributed by atoms with E-state index in [1.807, 2.05) is 37.1 Å². The highest BCUT2D eigenvalue weighted by Gasteiger charge is 2.19. The lowest BCUT2D eigenvalue weighted by atomic mass is 10.1. The van der Waals surface area contributed by atoms with Crippen molar-refractivity contribution in [3.8, 4) is 17.6 Å². The fourth-order valence-electron chi connectivity index (χ4n) is 2.48. The zero-order valence-electron chi connectivity index (χ0n) is 15.4. The standard InChI is InChI=1S/C20H23N3O3/c1-14(20(24)22-17-8-5-15(12-21)6-9-17)23(2)13-16-7-10-18(25-3)19(11-16)26-4/h5-11,14H,13H2,1-4H3,(H,22,24). The predicted molar refractivity (Wildman–Crippen MR) is 100 cm³/mol. The van der Waals surface area contributed by atoms with Gasteiger partial charge in [0.1, 0.15) is 0 Å². The summed E-state index contributed by atoms with van der Waals surface area (Å²) >= 11 is 0. The largest absolute Gasteiger partial charge is 0.493 e. The lowest BCUT2D eigenvalue weighted by Crippen LogP contribution is -2.39. The number of carbonyl (C=O) groups is 1. The summed E-state index contributed by atoms with van der Waals surface area (Å²) < 4.78 is 10.6. The summed E-state index contributed by atoms with van der Waals surface area (Å²) in [5.41, 5.74) is 2.24. The molecule has 1 atom stereocenters. The molecule has 1 amide bonds. The average molecular weight is 353 g/mol. The van der Waals surface area contributed by atoms with Gasteiger partial charge in [0.2, 0.25) is 5.91 Å². The van der Waals surface area contributed by atoms with Gasteiger partial charge in [-0.25, -0.2) is 0 Å². The highest BCUT2D eigenvalue weighted by molar-refractivity contribution is 5.94. The number of nitrogens with zero attached hydrogens (tertiary/aromatic N) is 2. The van der Waals surface area contributed by atoms with Crippen molar-refractivity contribution < 1.29 is 14.3 Å². The van der Waals surface area contributed by atoms with Crippen LogP contribution >= 0.6 is 0 Å². The van der Waals surface area contributed by atoms with Gasteiger partial charge in [-0.15, -0.1) is 0 Å². The van der Waals surface area contributed by atoms with Gasteiger partial charge in [0.15, 0.2) is 11.5 Å². The van der Waals surface area contributed by atoms with E-state index in [-0.39, 0.29) is 11.9 Å². The Morgan fingerprint density at radius 3 is 2.38 bits per heavy atom. The summed E-state index contributed by atoms with van der Waals surface area (Å²) in [5.74, 6) is 1.22. The van der Waals surface area contributed by atoms with Crippen LogP contribution in [0.15, 0.2) is 42.5 Å². The Morgan fingerprint density at radius 2 is 1.81 bits per heavy atom. The number of hydrogen-bond acceptors (Lipinski definition) is 5. The Labute approximate surface area is 153 Å². The second kappa shape index (κ2) is 8.88. The van der Waals surface area contributed by atoms with E-state index in [1.54, 1.807) is 38.5 Å². The summed E-state index contributed by atoms with van der Waals surface area (Å²) in [5, 5.41) is 11.7. The third-order valence-electron chi connectivity index (χ3n) is 4.20. The third-order valence-corrected chi connectivity index (χ3v) is 4.20. The first-order valence-electron chi connectivity index (χ1n) is 8.20. The monoisotopic (exact) mass is 353 g/mol. The molecule has 1 N–H and O–H groups in total. The van der Waals surface area contributed by atoms with Crippen LogP contribution in [0.25, 0.3) is 0 Å². The molecule has 2 aromatic rings. The second-order valence-electron chi connectivity index (χ2n) is 5.96. The number of benzene rings is 2. The number of ether oxygens (including phenoxy) is 2. The van der Waals surface area contributed by atoms with Crippen LogP contribution < -0.4 is 14.8 Å². The van der Waals surface area contributed by atoms with Gasteiger partial charge in [0.05, 0.1) is 31.9 Å². The molecule has 0 heterocycles. The maximum atomic E-state index is 12.5. The van der Waals surface area contributed by atoms with Crippen LogP contribution in [0.1, 0.15) is 18.1 Å². The Bertz CT molecular complexity index is 797. The van der Waals surface area contributed by atoms with Gasteiger partial charge in [-0.2, -0.15) is 5.26 Å². The Hall–Kier alpha value is -3.04. The van der Waals surface area contributed by atoms with E-state index in [9.17, 15) is 4.79 Å². The molecular weight excluding hydrogens is 330 g/mol. The minimum Gasteiger partial charge on any atom is -0.493 e. The zero-order valence-corrected chi connectivity index (χ0v) is 15.4. The maximum absolute atomic E-state index is 12.5. The number of likely N-dealkylation sites (N-methyl/N-ethyl adjacent to an activating group) is 1. The average Bonchev–Trinajstić information content (AvgIpc) is 2.67. The number of nitrogens with one attached hydrogen (secondary N) is 1. The lowest BCUT2D eigenvalue weighted by Gasteiger charge is -2.24. The van der Waals surface area contributed by atoms with Crippen molar-refractivity contribution in [3.05, 3.63) is 53.6 Å². The molecular formula is C20H23N3O3. The number of amides is 1. The van der Waals surface area contributed by atoms with Crippen molar-refractivity contribution in [1.82, 2.24) is 4.90 Å². The van der Waals surface area contributed by atoms with Crippen LogP contribution in [-0.2, 0) is 11.3 Å². The number of methoxy groups -OCH3 is 2. The van der Waals surface area contributed by atoms with Gasteiger partial charge in [0.25, 0.3) is 0 Å². The Balaban J connectivity index is 2.00. The molecule has 0 radical (unpaired) electrons. The Morgan fingerprint density at radius 1 is 1.15 bits per heavy atom. The van der Waals surface area contributed by atoms with Crippen molar-refractivity contribution in [2.75, 3.05) is 26.6 Å². The van der Waals surface area contributed by atoms with Crippen LogP contribution in [0, 0.1) is 11.3 Å². The van der Waals surface area contributed by atoms with E-state index < -0.39 is 0 Å².